The monoisotopic (exact) mass is 749 g/mol. The van der Waals surface area contributed by atoms with Gasteiger partial charge in [-0.15, -0.1) is 0 Å². The summed E-state index contributed by atoms with van der Waals surface area (Å²) in [6.07, 6.45) is -15.0. The minimum absolute atomic E-state index is 0.0212. The van der Waals surface area contributed by atoms with Crippen LogP contribution in [0.5, 0.6) is 0 Å². The fourth-order valence-corrected chi connectivity index (χ4v) is 6.21. The van der Waals surface area contributed by atoms with Crippen LogP contribution in [-0.2, 0) is 44.6 Å². The van der Waals surface area contributed by atoms with Gasteiger partial charge in [0.15, 0.2) is 18.9 Å². The number of aliphatic hydroxyl groups excluding tert-OH is 4. The van der Waals surface area contributed by atoms with Crippen LogP contribution in [0.25, 0.3) is 0 Å². The molecule has 11 unspecified atom stereocenters. The highest BCUT2D eigenvalue weighted by molar-refractivity contribution is 6.33. The van der Waals surface area contributed by atoms with E-state index >= 15 is 0 Å². The summed E-state index contributed by atoms with van der Waals surface area (Å²) < 4.78 is 41.0. The highest BCUT2D eigenvalue weighted by atomic mass is 35.5. The molecule has 0 bridgehead atoms. The van der Waals surface area contributed by atoms with Crippen LogP contribution in [0.4, 0.5) is 5.69 Å². The minimum Gasteiger partial charge on any atom is -0.459 e. The average Bonchev–Trinajstić information content (AvgIpc) is 3.13. The summed E-state index contributed by atoms with van der Waals surface area (Å²) in [5, 5.41) is 47.9. The van der Waals surface area contributed by atoms with Crippen molar-refractivity contribution in [2.75, 3.05) is 18.5 Å². The number of anilines is 1. The molecule has 0 spiro atoms. The fraction of sp³-hybridized carbons (Fsp3) is 0.429. The van der Waals surface area contributed by atoms with E-state index in [4.69, 9.17) is 56.4 Å². The van der Waals surface area contributed by atoms with E-state index in [-0.39, 0.29) is 24.7 Å². The van der Waals surface area contributed by atoms with Crippen molar-refractivity contribution >= 4 is 40.8 Å². The van der Waals surface area contributed by atoms with Crippen LogP contribution in [0.1, 0.15) is 34.7 Å². The third-order valence-electron chi connectivity index (χ3n) is 8.55. The van der Waals surface area contributed by atoms with Crippen LogP contribution in [-0.4, -0.2) is 107 Å². The Kier molecular flexibility index (Phi) is 12.2. The van der Waals surface area contributed by atoms with Crippen LogP contribution in [0.15, 0.2) is 72.8 Å². The van der Waals surface area contributed by atoms with Gasteiger partial charge in [0.25, 0.3) is 0 Å². The molecule has 3 aromatic carbocycles. The number of aliphatic hydroxyl groups is 4. The molecule has 0 aliphatic carbocycles. The van der Waals surface area contributed by atoms with Crippen LogP contribution in [0.2, 0.25) is 10.0 Å². The molecular formula is C35H37Cl2NO13. The summed E-state index contributed by atoms with van der Waals surface area (Å²) in [5.74, 6) is -1.07. The van der Waals surface area contributed by atoms with Crippen molar-refractivity contribution in [3.05, 3.63) is 99.5 Å². The molecule has 16 heteroatoms. The lowest BCUT2D eigenvalue weighted by Gasteiger charge is -2.48. The average molecular weight is 751 g/mol. The van der Waals surface area contributed by atoms with Crippen molar-refractivity contribution in [3.8, 4) is 0 Å². The van der Waals surface area contributed by atoms with E-state index in [1.54, 1.807) is 30.3 Å². The number of nitrogens with one attached hydrogen (secondary N) is 1. The molecule has 5 N–H and O–H groups in total. The zero-order valence-corrected chi connectivity index (χ0v) is 28.6. The predicted octanol–water partition coefficient (Wildman–Crippen LogP) is 2.72. The van der Waals surface area contributed by atoms with Gasteiger partial charge in [0.05, 0.1) is 29.5 Å². The Hall–Kier alpha value is -3.22. The Morgan fingerprint density at radius 3 is 2.31 bits per heavy atom. The molecule has 274 valence electrons. The van der Waals surface area contributed by atoms with Crippen LogP contribution < -0.4 is 5.32 Å². The topological polar surface area (TPSA) is 192 Å². The number of fused-ring (bicyclic) bond motifs is 1. The first-order valence-corrected chi connectivity index (χ1v) is 16.8. The molecular weight excluding hydrogens is 713 g/mol. The second kappa shape index (κ2) is 16.6. The third kappa shape index (κ3) is 8.88. The first-order valence-electron chi connectivity index (χ1n) is 16.1. The second-order valence-electron chi connectivity index (χ2n) is 12.2. The van der Waals surface area contributed by atoms with Crippen molar-refractivity contribution in [2.24, 2.45) is 0 Å². The Morgan fingerprint density at radius 1 is 0.863 bits per heavy atom. The maximum Gasteiger partial charge on any atom is 0.338 e. The van der Waals surface area contributed by atoms with Gasteiger partial charge in [0.1, 0.15) is 55.4 Å². The van der Waals surface area contributed by atoms with Gasteiger partial charge < -0.3 is 58.9 Å². The third-order valence-corrected chi connectivity index (χ3v) is 9.13. The molecule has 3 fully saturated rings. The van der Waals surface area contributed by atoms with Crippen molar-refractivity contribution < 1.29 is 63.2 Å². The van der Waals surface area contributed by atoms with Crippen LogP contribution in [0, 0.1) is 0 Å². The normalized spacial score (nSPS) is 32.1. The number of hydrogen-bond donors (Lipinski definition) is 5. The number of amides is 1. The second-order valence-corrected chi connectivity index (χ2v) is 13.1. The molecule has 0 radical (unpaired) electrons. The van der Waals surface area contributed by atoms with E-state index in [0.717, 1.165) is 0 Å². The zero-order valence-electron chi connectivity index (χ0n) is 27.1. The van der Waals surface area contributed by atoms with Gasteiger partial charge in [0, 0.05) is 17.5 Å². The lowest BCUT2D eigenvalue weighted by atomic mass is 9.96. The van der Waals surface area contributed by atoms with Gasteiger partial charge in [-0.2, -0.15) is 0 Å². The van der Waals surface area contributed by atoms with Crippen LogP contribution in [0.3, 0.4) is 0 Å². The Labute approximate surface area is 302 Å². The Morgan fingerprint density at radius 2 is 1.59 bits per heavy atom. The number of esters is 1. The fourth-order valence-electron chi connectivity index (χ4n) is 5.92. The molecule has 0 saturated carbocycles. The van der Waals surface area contributed by atoms with Crippen LogP contribution >= 0.6 is 23.2 Å². The summed E-state index contributed by atoms with van der Waals surface area (Å²) >= 11 is 12.1. The van der Waals surface area contributed by atoms with Crippen molar-refractivity contribution in [1.82, 2.24) is 0 Å². The molecule has 11 atom stereocenters. The molecule has 3 saturated heterocycles. The lowest BCUT2D eigenvalue weighted by molar-refractivity contribution is -0.386. The summed E-state index contributed by atoms with van der Waals surface area (Å²) in [6, 6.07) is 19.8. The summed E-state index contributed by atoms with van der Waals surface area (Å²) in [6.45, 7) is 0.670. The van der Waals surface area contributed by atoms with Gasteiger partial charge in [-0.25, -0.2) is 4.79 Å². The molecule has 3 heterocycles. The number of hydrogen-bond acceptors (Lipinski definition) is 13. The van der Waals surface area contributed by atoms with Gasteiger partial charge in [-0.05, 0) is 42.0 Å². The van der Waals surface area contributed by atoms with E-state index in [1.165, 1.54) is 31.2 Å². The first kappa shape index (κ1) is 37.5. The number of halogens is 2. The molecule has 14 nitrogen and oxygen atoms in total. The van der Waals surface area contributed by atoms with Crippen molar-refractivity contribution in [3.63, 3.8) is 0 Å². The largest absolute Gasteiger partial charge is 0.459 e. The highest BCUT2D eigenvalue weighted by Gasteiger charge is 2.53. The molecule has 3 aliphatic heterocycles. The molecule has 0 aromatic heterocycles. The number of rotatable bonds is 10. The standard InChI is InChI=1S/C35H37Cl2NO13/c1-17(39)38-23-13-18(7-12-22(23)37)14-46-34-28(42)26(40)31(24(48-34)15-45-32(44)19-8-10-21(36)11-9-19)51-35-29(43)27(41)30-25(49-35)16-47-33(50-30)20-5-3-2-4-6-20/h2-13,24-31,33-35,40-43H,14-16H2,1H3,(H,38,39). The predicted molar refractivity (Wildman–Crippen MR) is 179 cm³/mol. The Balaban J connectivity index is 1.16. The Bertz CT molecular complexity index is 1650. The zero-order chi connectivity index (χ0) is 36.2. The highest BCUT2D eigenvalue weighted by Crippen LogP contribution is 2.36. The summed E-state index contributed by atoms with van der Waals surface area (Å²) in [7, 11) is 0. The number of benzene rings is 3. The molecule has 3 aliphatic rings. The van der Waals surface area contributed by atoms with Gasteiger partial charge in [-0.3, -0.25) is 4.79 Å². The molecule has 1 amide bonds. The molecule has 3 aromatic rings. The molecule has 6 rings (SSSR count). The number of ether oxygens (including phenoxy) is 7. The van der Waals surface area contributed by atoms with E-state index in [1.807, 2.05) is 18.2 Å². The van der Waals surface area contributed by atoms with E-state index in [9.17, 15) is 30.0 Å². The SMILES string of the molecule is CC(=O)Nc1cc(COC2OC(COC(=O)c3ccc(Cl)cc3)C(OC3OC4COC(c5ccccc5)OC4C(O)C3O)C(O)C2O)ccc1Cl. The first-order chi connectivity index (χ1) is 24.5. The number of carbonyl (C=O) groups is 2. The van der Waals surface area contributed by atoms with Gasteiger partial charge in [0.2, 0.25) is 5.91 Å². The minimum atomic E-state index is -1.73. The maximum absolute atomic E-state index is 12.9. The van der Waals surface area contributed by atoms with E-state index in [2.05, 4.69) is 5.32 Å². The number of carbonyl (C=O) groups excluding carboxylic acids is 2. The van der Waals surface area contributed by atoms with E-state index in [0.29, 0.717) is 26.9 Å². The quantitative estimate of drug-likeness (QED) is 0.190. The maximum atomic E-state index is 12.9. The van der Waals surface area contributed by atoms with E-state index < -0.39 is 80.3 Å². The van der Waals surface area contributed by atoms with Gasteiger partial charge in [-0.1, -0.05) is 59.6 Å². The summed E-state index contributed by atoms with van der Waals surface area (Å²) in [5.41, 5.74) is 1.79. The molecule has 51 heavy (non-hydrogen) atoms. The van der Waals surface area contributed by atoms with Crippen molar-refractivity contribution in [2.45, 2.75) is 81.2 Å². The van der Waals surface area contributed by atoms with Crippen molar-refractivity contribution in [1.29, 1.82) is 0 Å². The lowest BCUT2D eigenvalue weighted by Crippen LogP contribution is -2.66. The smallest absolute Gasteiger partial charge is 0.338 e. The van der Waals surface area contributed by atoms with Gasteiger partial charge >= 0.3 is 5.97 Å². The summed E-state index contributed by atoms with van der Waals surface area (Å²) in [4.78, 5) is 24.5.